The number of halogens is 1. The first-order valence-corrected chi connectivity index (χ1v) is 9.60. The summed E-state index contributed by atoms with van der Waals surface area (Å²) in [6.45, 7) is 1.28. The van der Waals surface area contributed by atoms with E-state index < -0.39 is 0 Å². The fourth-order valence-electron chi connectivity index (χ4n) is 3.16. The van der Waals surface area contributed by atoms with Crippen molar-refractivity contribution in [2.24, 2.45) is 0 Å². The van der Waals surface area contributed by atoms with E-state index in [9.17, 15) is 4.79 Å². The molecule has 3 aromatic rings. The number of aromatic nitrogens is 2. The molecular weight excluding hydrogens is 378 g/mol. The number of hydrogen-bond donors (Lipinski definition) is 0. The molecule has 2 heterocycles. The maximum atomic E-state index is 12.4. The highest BCUT2D eigenvalue weighted by Gasteiger charge is 2.24. The van der Waals surface area contributed by atoms with Gasteiger partial charge in [0.15, 0.2) is 6.61 Å². The van der Waals surface area contributed by atoms with Crippen LogP contribution in [0.3, 0.4) is 0 Å². The van der Waals surface area contributed by atoms with Crippen LogP contribution in [-0.4, -0.2) is 46.6 Å². The van der Waals surface area contributed by atoms with E-state index in [1.165, 1.54) is 0 Å². The third kappa shape index (κ3) is 4.51. The van der Waals surface area contributed by atoms with E-state index in [1.54, 1.807) is 30.5 Å². The van der Waals surface area contributed by atoms with Gasteiger partial charge in [0.1, 0.15) is 11.9 Å². The fourth-order valence-corrected chi connectivity index (χ4v) is 3.28. The Labute approximate surface area is 168 Å². The van der Waals surface area contributed by atoms with Gasteiger partial charge >= 0.3 is 0 Å². The van der Waals surface area contributed by atoms with Gasteiger partial charge < -0.3 is 14.4 Å². The number of carbonyl (C=O) groups excluding carboxylic acids is 1. The Morgan fingerprint density at radius 1 is 1.07 bits per heavy atom. The first kappa shape index (κ1) is 18.5. The minimum absolute atomic E-state index is 0.0172. The van der Waals surface area contributed by atoms with E-state index in [4.69, 9.17) is 21.1 Å². The Balaban J connectivity index is 1.26. The van der Waals surface area contributed by atoms with Gasteiger partial charge in [0.25, 0.3) is 5.91 Å². The summed E-state index contributed by atoms with van der Waals surface area (Å²) in [5, 5.41) is 0.636. The van der Waals surface area contributed by atoms with Crippen LogP contribution in [0.2, 0.25) is 5.02 Å². The molecule has 0 radical (unpaired) electrons. The van der Waals surface area contributed by atoms with Gasteiger partial charge in [-0.3, -0.25) is 4.79 Å². The van der Waals surface area contributed by atoms with Crippen molar-refractivity contribution in [1.29, 1.82) is 0 Å². The van der Waals surface area contributed by atoms with Crippen molar-refractivity contribution in [1.82, 2.24) is 14.9 Å². The SMILES string of the molecule is O=C(COc1ccc(Cl)cc1)N1CCC(Oc2cnc3ccccc3n2)CC1. The Morgan fingerprint density at radius 2 is 1.79 bits per heavy atom. The van der Waals surface area contributed by atoms with Crippen molar-refractivity contribution in [3.8, 4) is 11.6 Å². The lowest BCUT2D eigenvalue weighted by molar-refractivity contribution is -0.135. The average molecular weight is 398 g/mol. The van der Waals surface area contributed by atoms with E-state index in [0.29, 0.717) is 29.7 Å². The standard InChI is InChI=1S/C21H20ClN3O3/c22-15-5-7-16(8-6-15)27-14-21(26)25-11-9-17(10-12-25)28-20-13-23-18-3-1-2-4-19(18)24-20/h1-8,13,17H,9-12,14H2. The van der Waals surface area contributed by atoms with Gasteiger partial charge in [0, 0.05) is 31.0 Å². The second-order valence-corrected chi connectivity index (χ2v) is 7.07. The molecule has 2 aromatic carbocycles. The molecule has 0 unspecified atom stereocenters. The minimum atomic E-state index is -0.0288. The Kier molecular flexibility index (Phi) is 5.58. The molecule has 0 atom stereocenters. The molecule has 0 bridgehead atoms. The number of piperidine rings is 1. The third-order valence-electron chi connectivity index (χ3n) is 4.68. The number of carbonyl (C=O) groups is 1. The highest BCUT2D eigenvalue weighted by molar-refractivity contribution is 6.30. The summed E-state index contributed by atoms with van der Waals surface area (Å²) in [5.41, 5.74) is 1.66. The van der Waals surface area contributed by atoms with E-state index in [1.807, 2.05) is 29.2 Å². The first-order chi connectivity index (χ1) is 13.7. The number of para-hydroxylation sites is 2. The molecule has 4 rings (SSSR count). The summed E-state index contributed by atoms with van der Waals surface area (Å²) in [6, 6.07) is 14.7. The number of hydrogen-bond acceptors (Lipinski definition) is 5. The molecule has 1 fully saturated rings. The second kappa shape index (κ2) is 8.44. The second-order valence-electron chi connectivity index (χ2n) is 6.64. The Hall–Kier alpha value is -2.86. The summed E-state index contributed by atoms with van der Waals surface area (Å²) >= 11 is 5.85. The molecular formula is C21H20ClN3O3. The Morgan fingerprint density at radius 3 is 2.54 bits per heavy atom. The number of benzene rings is 2. The van der Waals surface area contributed by atoms with Gasteiger partial charge in [-0.25, -0.2) is 9.97 Å². The average Bonchev–Trinajstić information content (AvgIpc) is 2.73. The Bertz CT molecular complexity index is 957. The van der Waals surface area contributed by atoms with Crippen LogP contribution >= 0.6 is 11.6 Å². The smallest absolute Gasteiger partial charge is 0.260 e. The molecule has 1 aliphatic rings. The van der Waals surface area contributed by atoms with Crippen LogP contribution in [0.25, 0.3) is 11.0 Å². The molecule has 0 saturated carbocycles. The quantitative estimate of drug-likeness (QED) is 0.656. The monoisotopic (exact) mass is 397 g/mol. The molecule has 144 valence electrons. The summed E-state index contributed by atoms with van der Waals surface area (Å²) < 4.78 is 11.5. The van der Waals surface area contributed by atoms with Gasteiger partial charge in [-0.1, -0.05) is 23.7 Å². The molecule has 1 saturated heterocycles. The number of rotatable bonds is 5. The molecule has 1 aliphatic heterocycles. The maximum Gasteiger partial charge on any atom is 0.260 e. The molecule has 6 nitrogen and oxygen atoms in total. The maximum absolute atomic E-state index is 12.4. The highest BCUT2D eigenvalue weighted by atomic mass is 35.5. The zero-order chi connectivity index (χ0) is 19.3. The van der Waals surface area contributed by atoms with Gasteiger partial charge in [0.2, 0.25) is 5.88 Å². The fraction of sp³-hybridized carbons (Fsp3) is 0.286. The normalized spacial score (nSPS) is 14.8. The third-order valence-corrected chi connectivity index (χ3v) is 4.94. The largest absolute Gasteiger partial charge is 0.484 e. The molecule has 7 heteroatoms. The van der Waals surface area contributed by atoms with Gasteiger partial charge in [-0.05, 0) is 36.4 Å². The molecule has 0 N–H and O–H groups in total. The number of amides is 1. The van der Waals surface area contributed by atoms with E-state index in [2.05, 4.69) is 9.97 Å². The van der Waals surface area contributed by atoms with E-state index in [0.717, 1.165) is 23.9 Å². The summed E-state index contributed by atoms with van der Waals surface area (Å²) in [4.78, 5) is 23.0. The topological polar surface area (TPSA) is 64.5 Å². The zero-order valence-corrected chi connectivity index (χ0v) is 16.0. The highest BCUT2D eigenvalue weighted by Crippen LogP contribution is 2.20. The van der Waals surface area contributed by atoms with Gasteiger partial charge in [0.05, 0.1) is 17.2 Å². The lowest BCUT2D eigenvalue weighted by Gasteiger charge is -2.31. The van der Waals surface area contributed by atoms with Crippen LogP contribution in [0.5, 0.6) is 11.6 Å². The summed E-state index contributed by atoms with van der Waals surface area (Å²) in [6.07, 6.45) is 3.18. The van der Waals surface area contributed by atoms with Crippen LogP contribution < -0.4 is 9.47 Å². The molecule has 0 spiro atoms. The van der Waals surface area contributed by atoms with Gasteiger partial charge in [-0.2, -0.15) is 0 Å². The van der Waals surface area contributed by atoms with Crippen LogP contribution in [0.4, 0.5) is 0 Å². The molecule has 28 heavy (non-hydrogen) atoms. The number of fused-ring (bicyclic) bond motifs is 1. The van der Waals surface area contributed by atoms with Crippen LogP contribution in [0, 0.1) is 0 Å². The summed E-state index contributed by atoms with van der Waals surface area (Å²) in [7, 11) is 0. The van der Waals surface area contributed by atoms with Crippen molar-refractivity contribution in [3.05, 3.63) is 59.8 Å². The van der Waals surface area contributed by atoms with Crippen molar-refractivity contribution < 1.29 is 14.3 Å². The van der Waals surface area contributed by atoms with E-state index in [-0.39, 0.29) is 18.6 Å². The molecule has 0 aliphatic carbocycles. The molecule has 1 amide bonds. The van der Waals surface area contributed by atoms with Crippen molar-refractivity contribution in [2.75, 3.05) is 19.7 Å². The van der Waals surface area contributed by atoms with Crippen molar-refractivity contribution in [3.63, 3.8) is 0 Å². The lowest BCUT2D eigenvalue weighted by Crippen LogP contribution is -2.43. The molecule has 1 aromatic heterocycles. The van der Waals surface area contributed by atoms with E-state index >= 15 is 0 Å². The van der Waals surface area contributed by atoms with Crippen LogP contribution in [0.1, 0.15) is 12.8 Å². The minimum Gasteiger partial charge on any atom is -0.484 e. The van der Waals surface area contributed by atoms with Crippen LogP contribution in [0.15, 0.2) is 54.7 Å². The van der Waals surface area contributed by atoms with Crippen molar-refractivity contribution >= 4 is 28.5 Å². The number of likely N-dealkylation sites (tertiary alicyclic amines) is 1. The van der Waals surface area contributed by atoms with Crippen molar-refractivity contribution in [2.45, 2.75) is 18.9 Å². The predicted molar refractivity (Wildman–Crippen MR) is 107 cm³/mol. The zero-order valence-electron chi connectivity index (χ0n) is 15.3. The number of ether oxygens (including phenoxy) is 2. The predicted octanol–water partition coefficient (Wildman–Crippen LogP) is 3.73. The van der Waals surface area contributed by atoms with Crippen LogP contribution in [-0.2, 0) is 4.79 Å². The number of nitrogens with zero attached hydrogens (tertiary/aromatic N) is 3. The van der Waals surface area contributed by atoms with Gasteiger partial charge in [-0.15, -0.1) is 0 Å². The summed E-state index contributed by atoms with van der Waals surface area (Å²) in [5.74, 6) is 1.12. The first-order valence-electron chi connectivity index (χ1n) is 9.22. The lowest BCUT2D eigenvalue weighted by atomic mass is 10.1.